The molecule has 0 radical (unpaired) electrons. The second-order valence-corrected chi connectivity index (χ2v) is 6.11. The smallest absolute Gasteiger partial charge is 0.191 e. The van der Waals surface area contributed by atoms with E-state index in [0.29, 0.717) is 25.0 Å². The van der Waals surface area contributed by atoms with Gasteiger partial charge < -0.3 is 15.5 Å². The molecule has 0 fully saturated rings. The van der Waals surface area contributed by atoms with Crippen molar-refractivity contribution in [3.05, 3.63) is 35.4 Å². The van der Waals surface area contributed by atoms with Gasteiger partial charge in [0.1, 0.15) is 11.6 Å². The van der Waals surface area contributed by atoms with Gasteiger partial charge in [-0.1, -0.05) is 19.9 Å². The monoisotopic (exact) mass is 454 g/mol. The molecule has 1 rings (SSSR count). The van der Waals surface area contributed by atoms with Crippen LogP contribution in [0.15, 0.2) is 23.2 Å². The third kappa shape index (κ3) is 7.29. The van der Waals surface area contributed by atoms with Crippen LogP contribution in [0.5, 0.6) is 0 Å². The molecule has 4 nitrogen and oxygen atoms in total. The topological polar surface area (TPSA) is 39.7 Å². The number of hydrogen-bond donors (Lipinski definition) is 2. The lowest BCUT2D eigenvalue weighted by atomic mass is 10.0. The fourth-order valence-corrected chi connectivity index (χ4v) is 2.18. The van der Waals surface area contributed by atoms with Gasteiger partial charge in [0, 0.05) is 25.2 Å². The Hall–Kier alpha value is -0.960. The first-order chi connectivity index (χ1) is 10.9. The minimum atomic E-state index is -0.533. The zero-order valence-electron chi connectivity index (χ0n) is 15.1. The number of benzene rings is 1. The lowest BCUT2D eigenvalue weighted by molar-refractivity contribution is 0.282. The molecular formula is C17H29F2IN4. The van der Waals surface area contributed by atoms with Gasteiger partial charge >= 0.3 is 0 Å². The normalized spacial score (nSPS) is 13.0. The Labute approximate surface area is 161 Å². The van der Waals surface area contributed by atoms with Crippen LogP contribution in [0.1, 0.15) is 32.4 Å². The van der Waals surface area contributed by atoms with E-state index in [1.807, 2.05) is 6.92 Å². The van der Waals surface area contributed by atoms with E-state index in [1.165, 1.54) is 18.2 Å². The molecule has 2 N–H and O–H groups in total. The molecule has 0 heterocycles. The molecule has 24 heavy (non-hydrogen) atoms. The SMILES string of the molecule is CCNC(=NCC(C)C)NCC(c1c(F)cccc1F)N(C)C.I. The molecular weight excluding hydrogens is 425 g/mol. The van der Waals surface area contributed by atoms with E-state index in [9.17, 15) is 8.78 Å². The highest BCUT2D eigenvalue weighted by Crippen LogP contribution is 2.23. The highest BCUT2D eigenvalue weighted by Gasteiger charge is 2.22. The quantitative estimate of drug-likeness (QED) is 0.377. The predicted octanol–water partition coefficient (Wildman–Crippen LogP) is 3.40. The van der Waals surface area contributed by atoms with Crippen molar-refractivity contribution in [1.29, 1.82) is 0 Å². The number of hydrogen-bond acceptors (Lipinski definition) is 2. The van der Waals surface area contributed by atoms with Gasteiger partial charge in [-0.15, -0.1) is 24.0 Å². The summed E-state index contributed by atoms with van der Waals surface area (Å²) in [5.74, 6) is 0.0353. The second-order valence-electron chi connectivity index (χ2n) is 6.11. The van der Waals surface area contributed by atoms with Crippen LogP contribution in [0.25, 0.3) is 0 Å². The molecule has 1 aromatic carbocycles. The molecule has 0 aromatic heterocycles. The lowest BCUT2D eigenvalue weighted by Gasteiger charge is -2.26. The fourth-order valence-electron chi connectivity index (χ4n) is 2.18. The van der Waals surface area contributed by atoms with Crippen molar-refractivity contribution in [3.63, 3.8) is 0 Å². The summed E-state index contributed by atoms with van der Waals surface area (Å²) in [6, 6.07) is 3.52. The zero-order chi connectivity index (χ0) is 17.4. The average molecular weight is 454 g/mol. The maximum absolute atomic E-state index is 14.0. The van der Waals surface area contributed by atoms with Gasteiger partial charge in [0.05, 0.1) is 6.04 Å². The van der Waals surface area contributed by atoms with E-state index >= 15 is 0 Å². The van der Waals surface area contributed by atoms with Crippen LogP contribution in [-0.4, -0.2) is 44.6 Å². The van der Waals surface area contributed by atoms with Crippen LogP contribution in [0.3, 0.4) is 0 Å². The molecule has 0 amide bonds. The Morgan fingerprint density at radius 2 is 1.75 bits per heavy atom. The van der Waals surface area contributed by atoms with Crippen molar-refractivity contribution >= 4 is 29.9 Å². The third-order valence-corrected chi connectivity index (χ3v) is 3.38. The summed E-state index contributed by atoms with van der Waals surface area (Å²) in [6.45, 7) is 7.93. The third-order valence-electron chi connectivity index (χ3n) is 3.38. The molecule has 0 saturated carbocycles. The molecule has 0 aliphatic rings. The van der Waals surface area contributed by atoms with Crippen molar-refractivity contribution in [3.8, 4) is 0 Å². The number of guanidine groups is 1. The van der Waals surface area contributed by atoms with E-state index in [1.54, 1.807) is 19.0 Å². The van der Waals surface area contributed by atoms with E-state index < -0.39 is 17.7 Å². The largest absolute Gasteiger partial charge is 0.357 e. The molecule has 0 saturated heterocycles. The van der Waals surface area contributed by atoms with Crippen LogP contribution in [0.4, 0.5) is 8.78 Å². The minimum absolute atomic E-state index is 0. The Balaban J connectivity index is 0.00000529. The first-order valence-electron chi connectivity index (χ1n) is 7.99. The number of nitrogens with one attached hydrogen (secondary N) is 2. The molecule has 0 bridgehead atoms. The summed E-state index contributed by atoms with van der Waals surface area (Å²) in [5.41, 5.74) is 0.0738. The van der Waals surface area contributed by atoms with Crippen LogP contribution in [0.2, 0.25) is 0 Å². The van der Waals surface area contributed by atoms with E-state index in [-0.39, 0.29) is 29.5 Å². The zero-order valence-corrected chi connectivity index (χ0v) is 17.4. The van der Waals surface area contributed by atoms with Crippen molar-refractivity contribution in [1.82, 2.24) is 15.5 Å². The summed E-state index contributed by atoms with van der Waals surface area (Å²) in [7, 11) is 3.60. The molecule has 0 spiro atoms. The fraction of sp³-hybridized carbons (Fsp3) is 0.588. The van der Waals surface area contributed by atoms with Crippen LogP contribution in [0, 0.1) is 17.6 Å². The van der Waals surface area contributed by atoms with Gasteiger partial charge in [-0.2, -0.15) is 0 Å². The number of nitrogens with zero attached hydrogens (tertiary/aromatic N) is 2. The summed E-state index contributed by atoms with van der Waals surface area (Å²) in [4.78, 5) is 6.26. The Kier molecular flexibility index (Phi) is 11.1. The Morgan fingerprint density at radius 1 is 1.17 bits per heavy atom. The predicted molar refractivity (Wildman–Crippen MR) is 107 cm³/mol. The van der Waals surface area contributed by atoms with Crippen molar-refractivity contribution in [2.24, 2.45) is 10.9 Å². The average Bonchev–Trinajstić information content (AvgIpc) is 2.46. The van der Waals surface area contributed by atoms with E-state index in [2.05, 4.69) is 29.5 Å². The molecule has 138 valence electrons. The Bertz CT molecular complexity index is 501. The molecule has 1 unspecified atom stereocenters. The summed E-state index contributed by atoms with van der Waals surface area (Å²) >= 11 is 0. The molecule has 1 aromatic rings. The Morgan fingerprint density at radius 3 is 2.21 bits per heavy atom. The standard InChI is InChI=1S/C17H28F2N4.HI/c1-6-20-17(21-10-12(2)3)22-11-15(23(4)5)16-13(18)8-7-9-14(16)19;/h7-9,12,15H,6,10-11H2,1-5H3,(H2,20,21,22);1H. The first kappa shape index (κ1) is 23.0. The number of likely N-dealkylation sites (N-methyl/N-ethyl adjacent to an activating group) is 1. The first-order valence-corrected chi connectivity index (χ1v) is 7.99. The maximum atomic E-state index is 14.0. The summed E-state index contributed by atoms with van der Waals surface area (Å²) in [6.07, 6.45) is 0. The lowest BCUT2D eigenvalue weighted by Crippen LogP contribution is -2.42. The number of halogens is 3. The van der Waals surface area contributed by atoms with Gasteiger partial charge in [-0.25, -0.2) is 8.78 Å². The van der Waals surface area contributed by atoms with Crippen molar-refractivity contribution in [2.75, 3.05) is 33.7 Å². The highest BCUT2D eigenvalue weighted by molar-refractivity contribution is 14.0. The van der Waals surface area contributed by atoms with E-state index in [4.69, 9.17) is 0 Å². The van der Waals surface area contributed by atoms with Crippen molar-refractivity contribution < 1.29 is 8.78 Å². The highest BCUT2D eigenvalue weighted by atomic mass is 127. The maximum Gasteiger partial charge on any atom is 0.191 e. The van der Waals surface area contributed by atoms with Crippen LogP contribution in [-0.2, 0) is 0 Å². The van der Waals surface area contributed by atoms with Gasteiger partial charge in [-0.3, -0.25) is 4.99 Å². The second kappa shape index (κ2) is 11.6. The molecule has 0 aliphatic heterocycles. The van der Waals surface area contributed by atoms with Crippen LogP contribution >= 0.6 is 24.0 Å². The minimum Gasteiger partial charge on any atom is -0.357 e. The van der Waals surface area contributed by atoms with Gasteiger partial charge in [0.15, 0.2) is 5.96 Å². The van der Waals surface area contributed by atoms with Gasteiger partial charge in [0.2, 0.25) is 0 Å². The van der Waals surface area contributed by atoms with Gasteiger partial charge in [0.25, 0.3) is 0 Å². The van der Waals surface area contributed by atoms with Crippen LogP contribution < -0.4 is 10.6 Å². The van der Waals surface area contributed by atoms with E-state index in [0.717, 1.165) is 6.54 Å². The molecule has 1 atom stereocenters. The number of rotatable bonds is 7. The molecule has 0 aliphatic carbocycles. The number of aliphatic imine (C=N–C) groups is 1. The summed E-state index contributed by atoms with van der Waals surface area (Å²) < 4.78 is 28.1. The summed E-state index contributed by atoms with van der Waals surface area (Å²) in [5, 5.41) is 6.32. The molecule has 7 heteroatoms. The van der Waals surface area contributed by atoms with Crippen molar-refractivity contribution in [2.45, 2.75) is 26.8 Å². The van der Waals surface area contributed by atoms with Gasteiger partial charge in [-0.05, 0) is 39.1 Å².